The third-order valence-electron chi connectivity index (χ3n) is 5.09. The summed E-state index contributed by atoms with van der Waals surface area (Å²) in [7, 11) is 6.02. The molecule has 0 spiro atoms. The fourth-order valence-electron chi connectivity index (χ4n) is 3.53. The summed E-state index contributed by atoms with van der Waals surface area (Å²) < 4.78 is 6.35. The average Bonchev–Trinajstić information content (AvgIpc) is 2.57. The average molecular weight is 402 g/mol. The van der Waals surface area contributed by atoms with Crippen LogP contribution in [0.5, 0.6) is 0 Å². The molecule has 0 bridgehead atoms. The van der Waals surface area contributed by atoms with Gasteiger partial charge in [0.25, 0.3) is 0 Å². The van der Waals surface area contributed by atoms with Crippen LogP contribution in [-0.2, 0) is 9.53 Å². The van der Waals surface area contributed by atoms with E-state index in [4.69, 9.17) is 4.74 Å². The minimum atomic E-state index is -1.08. The van der Waals surface area contributed by atoms with Gasteiger partial charge in [-0.3, -0.25) is 0 Å². The quantitative estimate of drug-likeness (QED) is 0.250. The molecule has 0 aromatic carbocycles. The summed E-state index contributed by atoms with van der Waals surface area (Å²) in [4.78, 5) is 10.9. The van der Waals surface area contributed by atoms with Gasteiger partial charge in [-0.25, -0.2) is 0 Å². The second kappa shape index (κ2) is 17.2. The zero-order chi connectivity index (χ0) is 21.3. The van der Waals surface area contributed by atoms with Crippen LogP contribution in [0, 0.1) is 0 Å². The highest BCUT2D eigenvalue weighted by Gasteiger charge is 2.19. The molecular formula is C23H47NO4. The van der Waals surface area contributed by atoms with Crippen LogP contribution in [-0.4, -0.2) is 62.1 Å². The zero-order valence-corrected chi connectivity index (χ0v) is 19.1. The molecule has 0 saturated heterocycles. The smallest absolute Gasteiger partial charge is 0.112 e. The summed E-state index contributed by atoms with van der Waals surface area (Å²) in [5, 5.41) is 21.0. The topological polar surface area (TPSA) is 69.6 Å². The maximum absolute atomic E-state index is 10.9. The maximum Gasteiger partial charge on any atom is 0.112 e. The molecule has 0 fully saturated rings. The molecule has 0 rings (SSSR count). The molecule has 5 heteroatoms. The van der Waals surface area contributed by atoms with E-state index < -0.39 is 5.97 Å². The lowest BCUT2D eigenvalue weighted by Gasteiger charge is -2.29. The van der Waals surface area contributed by atoms with Gasteiger partial charge in [0.2, 0.25) is 0 Å². The molecule has 2 unspecified atom stereocenters. The van der Waals surface area contributed by atoms with E-state index in [2.05, 4.69) is 6.92 Å². The number of aliphatic hydroxyl groups excluding tert-OH is 1. The number of aliphatic hydroxyl groups is 1. The van der Waals surface area contributed by atoms with Gasteiger partial charge in [-0.05, 0) is 12.8 Å². The Labute approximate surface area is 174 Å². The standard InChI is InChI=1S/C23H47NO4/c1-5-6-7-8-9-10-11-12-13-14-15-16-21(25)17-18-28-22(19-23(26)27)20-24(2,3)4/h21-22,25H,5-20H2,1-4H3. The van der Waals surface area contributed by atoms with Crippen molar-refractivity contribution in [3.8, 4) is 0 Å². The Bertz CT molecular complexity index is 368. The van der Waals surface area contributed by atoms with Gasteiger partial charge in [-0.1, -0.05) is 77.6 Å². The van der Waals surface area contributed by atoms with Crippen LogP contribution in [0.3, 0.4) is 0 Å². The van der Waals surface area contributed by atoms with Gasteiger partial charge < -0.3 is 24.2 Å². The van der Waals surface area contributed by atoms with E-state index in [9.17, 15) is 15.0 Å². The van der Waals surface area contributed by atoms with Gasteiger partial charge >= 0.3 is 0 Å². The number of ether oxygens (including phenoxy) is 1. The van der Waals surface area contributed by atoms with Crippen LogP contribution >= 0.6 is 0 Å². The minimum absolute atomic E-state index is 0.0930. The molecule has 5 nitrogen and oxygen atoms in total. The van der Waals surface area contributed by atoms with E-state index in [1.807, 2.05) is 21.1 Å². The van der Waals surface area contributed by atoms with Crippen molar-refractivity contribution in [2.45, 2.75) is 109 Å². The number of hydrogen-bond acceptors (Lipinski definition) is 4. The summed E-state index contributed by atoms with van der Waals surface area (Å²) >= 11 is 0. The van der Waals surface area contributed by atoms with Crippen LogP contribution in [0.15, 0.2) is 0 Å². The summed E-state index contributed by atoms with van der Waals surface area (Å²) in [6.07, 6.45) is 14.9. The van der Waals surface area contributed by atoms with Crippen molar-refractivity contribution in [3.63, 3.8) is 0 Å². The fraction of sp³-hybridized carbons (Fsp3) is 0.957. The van der Waals surface area contributed by atoms with Gasteiger partial charge in [-0.2, -0.15) is 0 Å². The predicted molar refractivity (Wildman–Crippen MR) is 114 cm³/mol. The first-order valence-corrected chi connectivity index (χ1v) is 11.5. The van der Waals surface area contributed by atoms with Gasteiger partial charge in [0.1, 0.15) is 12.6 Å². The van der Waals surface area contributed by atoms with E-state index in [0.29, 0.717) is 24.1 Å². The number of carboxylic acid groups (broad SMARTS) is 1. The minimum Gasteiger partial charge on any atom is -0.550 e. The summed E-state index contributed by atoms with van der Waals surface area (Å²) in [6.45, 7) is 3.27. The van der Waals surface area contributed by atoms with Gasteiger partial charge in [0.15, 0.2) is 0 Å². The van der Waals surface area contributed by atoms with Crippen molar-refractivity contribution in [2.75, 3.05) is 34.3 Å². The highest BCUT2D eigenvalue weighted by Crippen LogP contribution is 2.13. The van der Waals surface area contributed by atoms with Crippen LogP contribution in [0.2, 0.25) is 0 Å². The highest BCUT2D eigenvalue weighted by molar-refractivity contribution is 5.64. The molecule has 0 aromatic heterocycles. The lowest BCUT2D eigenvalue weighted by molar-refractivity contribution is -0.873. The number of rotatable bonds is 20. The van der Waals surface area contributed by atoms with E-state index in [1.54, 1.807) is 0 Å². The largest absolute Gasteiger partial charge is 0.550 e. The Hall–Kier alpha value is -0.650. The predicted octanol–water partition coefficient (Wildman–Crippen LogP) is 3.67. The van der Waals surface area contributed by atoms with Crippen molar-refractivity contribution >= 4 is 5.97 Å². The van der Waals surface area contributed by atoms with Crippen LogP contribution in [0.1, 0.15) is 96.8 Å². The first kappa shape index (κ1) is 27.4. The van der Waals surface area contributed by atoms with Crippen molar-refractivity contribution in [3.05, 3.63) is 0 Å². The first-order valence-electron chi connectivity index (χ1n) is 11.5. The number of unbranched alkanes of at least 4 members (excludes halogenated alkanes) is 10. The molecular weight excluding hydrogens is 354 g/mol. The normalized spacial score (nSPS) is 14.2. The number of carbonyl (C=O) groups excluding carboxylic acids is 1. The van der Waals surface area contributed by atoms with Crippen LogP contribution < -0.4 is 5.11 Å². The summed E-state index contributed by atoms with van der Waals surface area (Å²) in [6, 6.07) is 0. The SMILES string of the molecule is CCCCCCCCCCCCCC(O)CCOC(CC(=O)[O-])C[N+](C)(C)C. The monoisotopic (exact) mass is 401 g/mol. The molecule has 0 amide bonds. The number of hydrogen-bond donors (Lipinski definition) is 1. The number of likely N-dealkylation sites (N-methyl/N-ethyl adjacent to an activating group) is 1. The molecule has 28 heavy (non-hydrogen) atoms. The van der Waals surface area contributed by atoms with Crippen molar-refractivity contribution < 1.29 is 24.2 Å². The van der Waals surface area contributed by atoms with E-state index >= 15 is 0 Å². The molecule has 0 aliphatic carbocycles. The van der Waals surface area contributed by atoms with Crippen molar-refractivity contribution in [2.24, 2.45) is 0 Å². The number of aliphatic carboxylic acids is 1. The summed E-state index contributed by atoms with van der Waals surface area (Å²) in [5.41, 5.74) is 0. The molecule has 0 aliphatic heterocycles. The number of nitrogens with zero attached hydrogens (tertiary/aromatic N) is 1. The Kier molecular flexibility index (Phi) is 16.8. The molecule has 1 N–H and O–H groups in total. The Morgan fingerprint density at radius 3 is 1.86 bits per heavy atom. The van der Waals surface area contributed by atoms with Gasteiger partial charge in [0, 0.05) is 19.0 Å². The fourth-order valence-corrected chi connectivity index (χ4v) is 3.53. The maximum atomic E-state index is 10.9. The zero-order valence-electron chi connectivity index (χ0n) is 19.1. The summed E-state index contributed by atoms with van der Waals surface area (Å²) in [5.74, 6) is -1.08. The van der Waals surface area contributed by atoms with E-state index in [-0.39, 0.29) is 18.6 Å². The number of carbonyl (C=O) groups is 1. The number of quaternary nitrogens is 1. The Morgan fingerprint density at radius 2 is 1.39 bits per heavy atom. The van der Waals surface area contributed by atoms with Crippen molar-refractivity contribution in [1.82, 2.24) is 0 Å². The van der Waals surface area contributed by atoms with E-state index in [1.165, 1.54) is 64.2 Å². The first-order chi connectivity index (χ1) is 13.2. The molecule has 0 heterocycles. The van der Waals surface area contributed by atoms with Crippen LogP contribution in [0.4, 0.5) is 0 Å². The third-order valence-corrected chi connectivity index (χ3v) is 5.09. The second-order valence-electron chi connectivity index (χ2n) is 9.31. The molecule has 168 valence electrons. The lowest BCUT2D eigenvalue weighted by Crippen LogP contribution is -2.44. The molecule has 0 aliphatic rings. The Balaban J connectivity index is 3.62. The number of carboxylic acids is 1. The van der Waals surface area contributed by atoms with Crippen LogP contribution in [0.25, 0.3) is 0 Å². The Morgan fingerprint density at radius 1 is 0.893 bits per heavy atom. The lowest BCUT2D eigenvalue weighted by atomic mass is 10.0. The molecule has 0 radical (unpaired) electrons. The molecule has 0 saturated carbocycles. The highest BCUT2D eigenvalue weighted by atomic mass is 16.5. The molecule has 2 atom stereocenters. The molecule has 0 aromatic rings. The second-order valence-corrected chi connectivity index (χ2v) is 9.31. The van der Waals surface area contributed by atoms with E-state index in [0.717, 1.165) is 12.8 Å². The van der Waals surface area contributed by atoms with Gasteiger partial charge in [0.05, 0.1) is 27.2 Å². The third kappa shape index (κ3) is 20.1. The van der Waals surface area contributed by atoms with Crippen molar-refractivity contribution in [1.29, 1.82) is 0 Å². The van der Waals surface area contributed by atoms with Gasteiger partial charge in [-0.15, -0.1) is 0 Å².